The molecule has 0 fully saturated rings. The molecule has 0 saturated carbocycles. The summed E-state index contributed by atoms with van der Waals surface area (Å²) in [4.78, 5) is 0. The van der Waals surface area contributed by atoms with E-state index in [9.17, 15) is 8.42 Å². The van der Waals surface area contributed by atoms with Crippen LogP contribution in [0.4, 0.5) is 0 Å². The molecule has 0 aliphatic heterocycles. The molecule has 108 valence electrons. The van der Waals surface area contributed by atoms with Crippen LogP contribution < -0.4 is 9.88 Å². The molecular formula is C12H17BrClNO3S. The summed E-state index contributed by atoms with van der Waals surface area (Å²) >= 11 is 9.33. The molecule has 7 heteroatoms. The molecule has 1 unspecified atom stereocenters. The Morgan fingerprint density at radius 2 is 2.05 bits per heavy atom. The predicted molar refractivity (Wildman–Crippen MR) is 80.9 cm³/mol. The first-order valence-corrected chi connectivity index (χ1v) is 8.66. The maximum absolute atomic E-state index is 11.2. The first-order chi connectivity index (χ1) is 8.69. The Labute approximate surface area is 127 Å². The molecule has 19 heavy (non-hydrogen) atoms. The maximum Gasteiger partial charge on any atom is 0.209 e. The van der Waals surface area contributed by atoms with Crippen molar-refractivity contribution in [3.8, 4) is 5.75 Å². The molecule has 4 nitrogen and oxygen atoms in total. The summed E-state index contributed by atoms with van der Waals surface area (Å²) in [7, 11) is -3.51. The van der Waals surface area contributed by atoms with E-state index in [4.69, 9.17) is 21.5 Å². The molecule has 0 amide bonds. The van der Waals surface area contributed by atoms with Gasteiger partial charge in [0.2, 0.25) is 10.0 Å². The van der Waals surface area contributed by atoms with E-state index in [1.165, 1.54) is 0 Å². The van der Waals surface area contributed by atoms with Crippen LogP contribution in [0.3, 0.4) is 0 Å². The Bertz CT molecular complexity index is 534. The van der Waals surface area contributed by atoms with Crippen molar-refractivity contribution in [1.29, 1.82) is 0 Å². The first-order valence-electron chi connectivity index (χ1n) is 5.77. The Morgan fingerprint density at radius 3 is 2.53 bits per heavy atom. The molecule has 1 aromatic rings. The van der Waals surface area contributed by atoms with Gasteiger partial charge >= 0.3 is 0 Å². The van der Waals surface area contributed by atoms with Crippen LogP contribution in [-0.2, 0) is 10.0 Å². The Morgan fingerprint density at radius 1 is 1.42 bits per heavy atom. The van der Waals surface area contributed by atoms with Gasteiger partial charge in [0, 0.05) is 10.4 Å². The molecule has 0 aliphatic carbocycles. The summed E-state index contributed by atoms with van der Waals surface area (Å²) in [6.45, 7) is 4.13. The van der Waals surface area contributed by atoms with Gasteiger partial charge in [-0.2, -0.15) is 0 Å². The van der Waals surface area contributed by atoms with Crippen molar-refractivity contribution < 1.29 is 13.2 Å². The number of nitrogens with two attached hydrogens (primary N) is 1. The van der Waals surface area contributed by atoms with Crippen LogP contribution in [0, 0.1) is 11.8 Å². The van der Waals surface area contributed by atoms with Gasteiger partial charge in [0.25, 0.3) is 0 Å². The number of ether oxygens (including phenoxy) is 1. The fraction of sp³-hybridized carbons (Fsp3) is 0.500. The molecule has 0 bridgehead atoms. The minimum absolute atomic E-state index is 0.0984. The Hall–Kier alpha value is -0.300. The van der Waals surface area contributed by atoms with E-state index in [1.54, 1.807) is 12.1 Å². The minimum Gasteiger partial charge on any atom is -0.492 e. The van der Waals surface area contributed by atoms with E-state index < -0.39 is 10.0 Å². The minimum atomic E-state index is -3.51. The second-order valence-corrected chi connectivity index (χ2v) is 7.70. The highest BCUT2D eigenvalue weighted by Crippen LogP contribution is 2.28. The zero-order valence-corrected chi connectivity index (χ0v) is 13.9. The zero-order chi connectivity index (χ0) is 14.6. The van der Waals surface area contributed by atoms with E-state index in [2.05, 4.69) is 15.9 Å². The second-order valence-electron chi connectivity index (χ2n) is 4.72. The molecular weight excluding hydrogens is 354 g/mol. The summed E-state index contributed by atoms with van der Waals surface area (Å²) in [6, 6.07) is 5.27. The van der Waals surface area contributed by atoms with Gasteiger partial charge in [0.05, 0.1) is 17.4 Å². The normalized spacial score (nSPS) is 13.6. The SMILES string of the molecule is CC(C)C(COc1ccc(Br)cc1Cl)CS(N)(=O)=O. The highest BCUT2D eigenvalue weighted by atomic mass is 79.9. The van der Waals surface area contributed by atoms with Crippen LogP contribution in [0.1, 0.15) is 13.8 Å². The van der Waals surface area contributed by atoms with E-state index in [0.29, 0.717) is 10.8 Å². The highest BCUT2D eigenvalue weighted by molar-refractivity contribution is 9.10. The van der Waals surface area contributed by atoms with Crippen LogP contribution in [0.2, 0.25) is 5.02 Å². The summed E-state index contributed by atoms with van der Waals surface area (Å²) in [5.41, 5.74) is 0. The van der Waals surface area contributed by atoms with Gasteiger partial charge in [-0.1, -0.05) is 41.4 Å². The topological polar surface area (TPSA) is 69.4 Å². The lowest BCUT2D eigenvalue weighted by Gasteiger charge is -2.20. The lowest BCUT2D eigenvalue weighted by Crippen LogP contribution is -2.30. The van der Waals surface area contributed by atoms with Crippen molar-refractivity contribution in [2.75, 3.05) is 12.4 Å². The lowest BCUT2D eigenvalue weighted by molar-refractivity contribution is 0.225. The molecule has 0 saturated heterocycles. The Balaban J connectivity index is 2.71. The molecule has 0 radical (unpaired) electrons. The molecule has 1 atom stereocenters. The number of rotatable bonds is 6. The number of halogens is 2. The van der Waals surface area contributed by atoms with Gasteiger partial charge in [0.1, 0.15) is 5.75 Å². The van der Waals surface area contributed by atoms with Crippen molar-refractivity contribution in [1.82, 2.24) is 0 Å². The predicted octanol–water partition coefficient (Wildman–Crippen LogP) is 3.04. The molecule has 1 rings (SSSR count). The fourth-order valence-corrected chi connectivity index (χ4v) is 3.33. The molecule has 0 aromatic heterocycles. The van der Waals surface area contributed by atoms with Crippen molar-refractivity contribution in [2.45, 2.75) is 13.8 Å². The summed E-state index contributed by atoms with van der Waals surface area (Å²) in [6.07, 6.45) is 0. The van der Waals surface area contributed by atoms with Gasteiger partial charge in [-0.05, 0) is 24.1 Å². The molecule has 0 spiro atoms. The van der Waals surface area contributed by atoms with Gasteiger partial charge < -0.3 is 4.74 Å². The van der Waals surface area contributed by atoms with Crippen LogP contribution in [-0.4, -0.2) is 20.8 Å². The maximum atomic E-state index is 11.2. The van der Waals surface area contributed by atoms with Crippen LogP contribution in [0.25, 0.3) is 0 Å². The van der Waals surface area contributed by atoms with Crippen molar-refractivity contribution in [3.05, 3.63) is 27.7 Å². The van der Waals surface area contributed by atoms with Crippen LogP contribution in [0.5, 0.6) is 5.75 Å². The van der Waals surface area contributed by atoms with E-state index in [-0.39, 0.29) is 24.2 Å². The standard InChI is InChI=1S/C12H17BrClNO3S/c1-8(2)9(7-19(15,16)17)6-18-12-4-3-10(13)5-11(12)14/h3-5,8-9H,6-7H2,1-2H3,(H2,15,16,17). The first kappa shape index (κ1) is 16.8. The van der Waals surface area contributed by atoms with E-state index >= 15 is 0 Å². The zero-order valence-electron chi connectivity index (χ0n) is 10.8. The Kier molecular flexibility index (Phi) is 6.11. The van der Waals surface area contributed by atoms with Crippen molar-refractivity contribution in [2.24, 2.45) is 17.0 Å². The number of hydrogen-bond acceptors (Lipinski definition) is 3. The number of primary sulfonamides is 1. The monoisotopic (exact) mass is 369 g/mol. The van der Waals surface area contributed by atoms with Crippen LogP contribution in [0.15, 0.2) is 22.7 Å². The molecule has 1 aromatic carbocycles. The largest absolute Gasteiger partial charge is 0.492 e. The van der Waals surface area contributed by atoms with Crippen molar-refractivity contribution >= 4 is 37.6 Å². The fourth-order valence-electron chi connectivity index (χ4n) is 1.52. The van der Waals surface area contributed by atoms with Gasteiger partial charge in [0.15, 0.2) is 0 Å². The summed E-state index contributed by atoms with van der Waals surface area (Å²) in [5, 5.41) is 5.56. The molecule has 2 N–H and O–H groups in total. The average Bonchev–Trinajstić information content (AvgIpc) is 2.24. The van der Waals surface area contributed by atoms with E-state index in [0.717, 1.165) is 4.47 Å². The number of sulfonamides is 1. The van der Waals surface area contributed by atoms with E-state index in [1.807, 2.05) is 19.9 Å². The second kappa shape index (κ2) is 6.92. The average molecular weight is 371 g/mol. The van der Waals surface area contributed by atoms with Crippen LogP contribution >= 0.6 is 27.5 Å². The number of benzene rings is 1. The quantitative estimate of drug-likeness (QED) is 0.836. The third-order valence-corrected chi connectivity index (χ3v) is 4.42. The lowest BCUT2D eigenvalue weighted by atomic mass is 9.99. The third kappa shape index (κ3) is 6.12. The third-order valence-electron chi connectivity index (χ3n) is 2.74. The van der Waals surface area contributed by atoms with Gasteiger partial charge in [-0.25, -0.2) is 13.6 Å². The van der Waals surface area contributed by atoms with Crippen molar-refractivity contribution in [3.63, 3.8) is 0 Å². The highest BCUT2D eigenvalue weighted by Gasteiger charge is 2.20. The summed E-state index contributed by atoms with van der Waals surface area (Å²) < 4.78 is 28.8. The number of hydrogen-bond donors (Lipinski definition) is 1. The van der Waals surface area contributed by atoms with Gasteiger partial charge in [-0.15, -0.1) is 0 Å². The smallest absolute Gasteiger partial charge is 0.209 e. The summed E-state index contributed by atoms with van der Waals surface area (Å²) in [5.74, 6) is 0.408. The molecule has 0 heterocycles. The van der Waals surface area contributed by atoms with Gasteiger partial charge in [-0.3, -0.25) is 0 Å². The molecule has 0 aliphatic rings.